The molecule has 1 aromatic rings. The second-order valence-electron chi connectivity index (χ2n) is 3.85. The van der Waals surface area contributed by atoms with E-state index < -0.39 is 18.8 Å². The van der Waals surface area contributed by atoms with Gasteiger partial charge in [0.1, 0.15) is 12.4 Å². The van der Waals surface area contributed by atoms with Gasteiger partial charge in [0.2, 0.25) is 0 Å². The number of alkyl halides is 2. The van der Waals surface area contributed by atoms with Crippen molar-refractivity contribution in [1.82, 2.24) is 4.90 Å². The number of aliphatic hydroxyl groups excluding tert-OH is 1. The van der Waals surface area contributed by atoms with Crippen LogP contribution in [0.25, 0.3) is 0 Å². The third-order valence-corrected chi connectivity index (χ3v) is 2.25. The third kappa shape index (κ3) is 4.78. The summed E-state index contributed by atoms with van der Waals surface area (Å²) in [6.45, 7) is -0.574. The number of hydrogen-bond acceptors (Lipinski definition) is 2. The van der Waals surface area contributed by atoms with Gasteiger partial charge in [0.25, 0.3) is 6.43 Å². The minimum Gasteiger partial charge on any atom is -0.384 e. The van der Waals surface area contributed by atoms with Gasteiger partial charge < -0.3 is 5.11 Å². The molecule has 0 bridgehead atoms. The Kier molecular flexibility index (Phi) is 5.69. The van der Waals surface area contributed by atoms with Crippen LogP contribution in [0.5, 0.6) is 0 Å². The Bertz CT molecular complexity index is 451. The first-order chi connectivity index (χ1) is 8.52. The molecule has 0 aliphatic carbocycles. The lowest BCUT2D eigenvalue weighted by atomic mass is 10.1. The molecule has 5 heteroatoms. The summed E-state index contributed by atoms with van der Waals surface area (Å²) in [5.74, 6) is 4.50. The monoisotopic (exact) mass is 257 g/mol. The minimum absolute atomic E-state index is 0.115. The van der Waals surface area contributed by atoms with Crippen LogP contribution in [0.4, 0.5) is 13.2 Å². The number of aliphatic hydroxyl groups is 1. The van der Waals surface area contributed by atoms with Gasteiger partial charge in [-0.15, -0.1) is 0 Å². The summed E-state index contributed by atoms with van der Waals surface area (Å²) in [4.78, 5) is 1.35. The van der Waals surface area contributed by atoms with Crippen molar-refractivity contribution in [1.29, 1.82) is 0 Å². The molecule has 0 fully saturated rings. The van der Waals surface area contributed by atoms with Gasteiger partial charge in [-0.2, -0.15) is 0 Å². The molecule has 18 heavy (non-hydrogen) atoms. The van der Waals surface area contributed by atoms with Gasteiger partial charge in [0.15, 0.2) is 0 Å². The fourth-order valence-corrected chi connectivity index (χ4v) is 1.49. The number of hydrogen-bond donors (Lipinski definition) is 1. The highest BCUT2D eigenvalue weighted by atomic mass is 19.3. The van der Waals surface area contributed by atoms with Gasteiger partial charge >= 0.3 is 0 Å². The van der Waals surface area contributed by atoms with E-state index in [0.29, 0.717) is 11.1 Å². The van der Waals surface area contributed by atoms with E-state index in [-0.39, 0.29) is 13.2 Å². The quantitative estimate of drug-likeness (QED) is 0.832. The average molecular weight is 257 g/mol. The van der Waals surface area contributed by atoms with Crippen molar-refractivity contribution < 1.29 is 18.3 Å². The van der Waals surface area contributed by atoms with Crippen LogP contribution >= 0.6 is 0 Å². The smallest absolute Gasteiger partial charge is 0.251 e. The second-order valence-corrected chi connectivity index (χ2v) is 3.85. The highest BCUT2D eigenvalue weighted by Crippen LogP contribution is 2.12. The molecule has 0 saturated heterocycles. The zero-order valence-electron chi connectivity index (χ0n) is 9.96. The lowest BCUT2D eigenvalue weighted by Gasteiger charge is -2.16. The SMILES string of the molecule is CN(Cc1ccc(C#CCO)cc1F)CC(F)F. The average Bonchev–Trinajstić information content (AvgIpc) is 2.28. The van der Waals surface area contributed by atoms with Gasteiger partial charge in [-0.25, -0.2) is 13.2 Å². The van der Waals surface area contributed by atoms with Crippen LogP contribution in [0.15, 0.2) is 18.2 Å². The predicted octanol–water partition coefficient (Wildman–Crippen LogP) is 1.87. The van der Waals surface area contributed by atoms with Crippen LogP contribution in [0.3, 0.4) is 0 Å². The number of nitrogens with zero attached hydrogens (tertiary/aromatic N) is 1. The van der Waals surface area contributed by atoms with Crippen molar-refractivity contribution in [2.45, 2.75) is 13.0 Å². The molecule has 1 rings (SSSR count). The lowest BCUT2D eigenvalue weighted by Crippen LogP contribution is -2.24. The zero-order valence-corrected chi connectivity index (χ0v) is 9.96. The van der Waals surface area contributed by atoms with E-state index in [0.717, 1.165) is 0 Å². The molecular weight excluding hydrogens is 243 g/mol. The van der Waals surface area contributed by atoms with Crippen LogP contribution in [0, 0.1) is 17.7 Å². The Hall–Kier alpha value is -1.51. The molecule has 0 unspecified atom stereocenters. The van der Waals surface area contributed by atoms with E-state index >= 15 is 0 Å². The Morgan fingerprint density at radius 2 is 2.11 bits per heavy atom. The van der Waals surface area contributed by atoms with E-state index in [4.69, 9.17) is 5.11 Å². The van der Waals surface area contributed by atoms with Crippen molar-refractivity contribution >= 4 is 0 Å². The van der Waals surface area contributed by atoms with Crippen LogP contribution in [0.2, 0.25) is 0 Å². The first-order valence-corrected chi connectivity index (χ1v) is 5.37. The lowest BCUT2D eigenvalue weighted by molar-refractivity contribution is 0.0971. The first kappa shape index (κ1) is 14.6. The van der Waals surface area contributed by atoms with Gasteiger partial charge in [-0.3, -0.25) is 4.90 Å². The molecular formula is C13H14F3NO. The van der Waals surface area contributed by atoms with Crippen molar-refractivity contribution in [3.8, 4) is 11.8 Å². The van der Waals surface area contributed by atoms with Crippen molar-refractivity contribution in [2.75, 3.05) is 20.2 Å². The Labute approximate surface area is 104 Å². The van der Waals surface area contributed by atoms with E-state index in [1.807, 2.05) is 0 Å². The Morgan fingerprint density at radius 3 is 2.67 bits per heavy atom. The topological polar surface area (TPSA) is 23.5 Å². The van der Waals surface area contributed by atoms with Gasteiger partial charge in [0, 0.05) is 17.7 Å². The molecule has 2 nitrogen and oxygen atoms in total. The highest BCUT2D eigenvalue weighted by molar-refractivity contribution is 5.37. The molecule has 0 heterocycles. The maximum atomic E-state index is 13.6. The van der Waals surface area contributed by atoms with Crippen molar-refractivity contribution in [3.05, 3.63) is 35.1 Å². The maximum absolute atomic E-state index is 13.6. The summed E-state index contributed by atoms with van der Waals surface area (Å²) in [5.41, 5.74) is 0.787. The number of benzene rings is 1. The molecule has 0 spiro atoms. The van der Waals surface area contributed by atoms with E-state index in [2.05, 4.69) is 11.8 Å². The normalized spacial score (nSPS) is 10.6. The fraction of sp³-hybridized carbons (Fsp3) is 0.385. The number of halogens is 3. The fourth-order valence-electron chi connectivity index (χ4n) is 1.49. The molecule has 0 radical (unpaired) electrons. The standard InChI is InChI=1S/C13H14F3NO/c1-17(9-13(15)16)8-11-5-4-10(3-2-6-18)7-12(11)14/h4-5,7,13,18H,6,8-9H2,1H3. The van der Waals surface area contributed by atoms with E-state index in [1.54, 1.807) is 6.07 Å². The van der Waals surface area contributed by atoms with Crippen LogP contribution in [-0.2, 0) is 6.54 Å². The van der Waals surface area contributed by atoms with Gasteiger partial charge in [-0.1, -0.05) is 17.9 Å². The Morgan fingerprint density at radius 1 is 1.39 bits per heavy atom. The van der Waals surface area contributed by atoms with E-state index in [9.17, 15) is 13.2 Å². The highest BCUT2D eigenvalue weighted by Gasteiger charge is 2.10. The largest absolute Gasteiger partial charge is 0.384 e. The first-order valence-electron chi connectivity index (χ1n) is 5.37. The summed E-state index contributed by atoms with van der Waals surface area (Å²) >= 11 is 0. The molecule has 0 aliphatic rings. The third-order valence-electron chi connectivity index (χ3n) is 2.25. The molecule has 1 aromatic carbocycles. The molecule has 0 atom stereocenters. The second kappa shape index (κ2) is 7.04. The molecule has 0 aromatic heterocycles. The summed E-state index contributed by atoms with van der Waals surface area (Å²) < 4.78 is 37.9. The Balaban J connectivity index is 2.73. The number of rotatable bonds is 4. The summed E-state index contributed by atoms with van der Waals surface area (Å²) in [7, 11) is 1.51. The van der Waals surface area contributed by atoms with E-state index in [1.165, 1.54) is 24.1 Å². The van der Waals surface area contributed by atoms with Gasteiger partial charge in [-0.05, 0) is 19.2 Å². The molecule has 0 aliphatic heterocycles. The molecule has 0 amide bonds. The molecule has 1 N–H and O–H groups in total. The summed E-state index contributed by atoms with van der Waals surface area (Å²) in [5, 5.41) is 8.51. The summed E-state index contributed by atoms with van der Waals surface area (Å²) in [6, 6.07) is 4.34. The van der Waals surface area contributed by atoms with Crippen LogP contribution in [0.1, 0.15) is 11.1 Å². The van der Waals surface area contributed by atoms with Crippen LogP contribution < -0.4 is 0 Å². The zero-order chi connectivity index (χ0) is 13.5. The predicted molar refractivity (Wildman–Crippen MR) is 62.7 cm³/mol. The van der Waals surface area contributed by atoms with Gasteiger partial charge in [0.05, 0.1) is 6.54 Å². The maximum Gasteiger partial charge on any atom is 0.251 e. The van der Waals surface area contributed by atoms with Crippen LogP contribution in [-0.4, -0.2) is 36.6 Å². The summed E-state index contributed by atoms with van der Waals surface area (Å²) in [6.07, 6.45) is -2.44. The minimum atomic E-state index is -2.44. The molecule has 98 valence electrons. The van der Waals surface area contributed by atoms with Crippen molar-refractivity contribution in [2.24, 2.45) is 0 Å². The molecule has 0 saturated carbocycles. The van der Waals surface area contributed by atoms with Crippen molar-refractivity contribution in [3.63, 3.8) is 0 Å².